The summed E-state index contributed by atoms with van der Waals surface area (Å²) in [5, 5.41) is 1.54. The molecular weight excluding hydrogens is 265 g/mol. The number of aromatic nitrogens is 1. The lowest BCUT2D eigenvalue weighted by Crippen LogP contribution is -2.03. The van der Waals surface area contributed by atoms with Gasteiger partial charge in [0.05, 0.1) is 10.5 Å². The van der Waals surface area contributed by atoms with E-state index in [0.29, 0.717) is 5.02 Å². The Morgan fingerprint density at radius 2 is 2.14 bits per heavy atom. The van der Waals surface area contributed by atoms with Gasteiger partial charge in [-0.25, -0.2) is 0 Å². The van der Waals surface area contributed by atoms with Crippen LogP contribution in [-0.2, 0) is 0 Å². The molecule has 0 unspecified atom stereocenters. The topological polar surface area (TPSA) is 32.9 Å². The van der Waals surface area contributed by atoms with E-state index >= 15 is 0 Å². The Bertz CT molecular complexity index is 562. The zero-order valence-electron chi connectivity index (χ0n) is 7.40. The maximum Gasteiger partial charge on any atom is 0.248 e. The van der Waals surface area contributed by atoms with Crippen LogP contribution in [0.2, 0.25) is 5.02 Å². The lowest BCUT2D eigenvalue weighted by Gasteiger charge is -2.05. The SMILES string of the molecule is Cc1cc(Br)c2[nH]c(=O)ccc2c1Cl. The molecule has 2 aromatic rings. The molecular formula is C10H7BrClNO. The van der Waals surface area contributed by atoms with Crippen LogP contribution in [0.1, 0.15) is 5.56 Å². The van der Waals surface area contributed by atoms with Gasteiger partial charge in [-0.2, -0.15) is 0 Å². The molecule has 0 aliphatic carbocycles. The van der Waals surface area contributed by atoms with Gasteiger partial charge in [0.2, 0.25) is 5.56 Å². The van der Waals surface area contributed by atoms with E-state index in [2.05, 4.69) is 20.9 Å². The minimum Gasteiger partial charge on any atom is -0.321 e. The molecule has 0 saturated carbocycles. The molecule has 0 aliphatic heterocycles. The number of hydrogen-bond donors (Lipinski definition) is 1. The number of halogens is 2. The molecule has 0 amide bonds. The fourth-order valence-electron chi connectivity index (χ4n) is 1.38. The van der Waals surface area contributed by atoms with Crippen LogP contribution in [0.5, 0.6) is 0 Å². The molecule has 2 nitrogen and oxygen atoms in total. The Morgan fingerprint density at radius 3 is 2.86 bits per heavy atom. The first-order chi connectivity index (χ1) is 6.59. The number of hydrogen-bond acceptors (Lipinski definition) is 1. The minimum atomic E-state index is -0.127. The van der Waals surface area contributed by atoms with Crippen LogP contribution in [0.25, 0.3) is 10.9 Å². The van der Waals surface area contributed by atoms with Crippen molar-refractivity contribution in [3.8, 4) is 0 Å². The second-order valence-electron chi connectivity index (χ2n) is 3.10. The maximum absolute atomic E-state index is 11.1. The van der Waals surface area contributed by atoms with Crippen molar-refractivity contribution >= 4 is 38.4 Å². The average molecular weight is 273 g/mol. The monoisotopic (exact) mass is 271 g/mol. The van der Waals surface area contributed by atoms with Crippen LogP contribution in [0, 0.1) is 6.92 Å². The average Bonchev–Trinajstić information content (AvgIpc) is 2.14. The Balaban J connectivity index is 3.02. The second kappa shape index (κ2) is 3.41. The summed E-state index contributed by atoms with van der Waals surface area (Å²) in [6.45, 7) is 1.93. The molecule has 4 heteroatoms. The van der Waals surface area contributed by atoms with Crippen LogP contribution < -0.4 is 5.56 Å². The Morgan fingerprint density at radius 1 is 1.43 bits per heavy atom. The smallest absolute Gasteiger partial charge is 0.248 e. The van der Waals surface area contributed by atoms with Gasteiger partial charge in [-0.05, 0) is 40.5 Å². The molecule has 2 rings (SSSR count). The van der Waals surface area contributed by atoms with E-state index in [1.807, 2.05) is 13.0 Å². The number of rotatable bonds is 0. The van der Waals surface area contributed by atoms with Crippen LogP contribution in [0.15, 0.2) is 27.5 Å². The summed E-state index contributed by atoms with van der Waals surface area (Å²) in [7, 11) is 0. The molecule has 1 heterocycles. The van der Waals surface area contributed by atoms with Crippen LogP contribution in [-0.4, -0.2) is 4.98 Å². The van der Waals surface area contributed by atoms with Gasteiger partial charge in [0.1, 0.15) is 0 Å². The van der Waals surface area contributed by atoms with Gasteiger partial charge in [-0.1, -0.05) is 11.6 Å². The highest BCUT2D eigenvalue weighted by molar-refractivity contribution is 9.10. The highest BCUT2D eigenvalue weighted by Gasteiger charge is 2.06. The zero-order valence-corrected chi connectivity index (χ0v) is 9.74. The van der Waals surface area contributed by atoms with Crippen molar-refractivity contribution < 1.29 is 0 Å². The summed E-state index contributed by atoms with van der Waals surface area (Å²) in [6, 6.07) is 5.09. The standard InChI is InChI=1S/C10H7BrClNO/c1-5-4-7(11)10-6(9(5)12)2-3-8(14)13-10/h2-4H,1H3,(H,13,14). The molecule has 1 aromatic carbocycles. The van der Waals surface area contributed by atoms with E-state index in [1.165, 1.54) is 6.07 Å². The van der Waals surface area contributed by atoms with Gasteiger partial charge in [0, 0.05) is 15.9 Å². The normalized spacial score (nSPS) is 10.8. The van der Waals surface area contributed by atoms with Gasteiger partial charge in [0.15, 0.2) is 0 Å². The molecule has 1 N–H and O–H groups in total. The highest BCUT2D eigenvalue weighted by Crippen LogP contribution is 2.30. The number of nitrogens with one attached hydrogen (secondary N) is 1. The fourth-order valence-corrected chi connectivity index (χ4v) is 2.25. The molecule has 0 radical (unpaired) electrons. The quantitative estimate of drug-likeness (QED) is 0.784. The lowest BCUT2D eigenvalue weighted by molar-refractivity contribution is 1.29. The number of H-pyrrole nitrogens is 1. The van der Waals surface area contributed by atoms with Crippen LogP contribution >= 0.6 is 27.5 Å². The van der Waals surface area contributed by atoms with Crippen molar-refractivity contribution in [3.63, 3.8) is 0 Å². The van der Waals surface area contributed by atoms with Crippen molar-refractivity contribution in [1.82, 2.24) is 4.98 Å². The first kappa shape index (κ1) is 9.74. The fraction of sp³-hybridized carbons (Fsp3) is 0.100. The van der Waals surface area contributed by atoms with Crippen LogP contribution in [0.3, 0.4) is 0 Å². The summed E-state index contributed by atoms with van der Waals surface area (Å²) in [5.74, 6) is 0. The molecule has 1 aromatic heterocycles. The number of pyridine rings is 1. The second-order valence-corrected chi connectivity index (χ2v) is 4.33. The molecule has 72 valence electrons. The van der Waals surface area contributed by atoms with Crippen LogP contribution in [0.4, 0.5) is 0 Å². The minimum absolute atomic E-state index is 0.127. The summed E-state index contributed by atoms with van der Waals surface area (Å²) in [6.07, 6.45) is 0. The van der Waals surface area contributed by atoms with E-state index in [1.54, 1.807) is 6.07 Å². The largest absolute Gasteiger partial charge is 0.321 e. The Hall–Kier alpha value is -0.800. The zero-order chi connectivity index (χ0) is 10.3. The van der Waals surface area contributed by atoms with Gasteiger partial charge in [-0.3, -0.25) is 4.79 Å². The van der Waals surface area contributed by atoms with Crippen molar-refractivity contribution in [3.05, 3.63) is 43.6 Å². The molecule has 0 fully saturated rings. The van der Waals surface area contributed by atoms with Crippen molar-refractivity contribution in [2.24, 2.45) is 0 Å². The predicted octanol–water partition coefficient (Wildman–Crippen LogP) is 3.25. The summed E-state index contributed by atoms with van der Waals surface area (Å²) in [4.78, 5) is 13.9. The van der Waals surface area contributed by atoms with E-state index in [4.69, 9.17) is 11.6 Å². The van der Waals surface area contributed by atoms with Gasteiger partial charge in [-0.15, -0.1) is 0 Å². The third-order valence-electron chi connectivity index (χ3n) is 2.08. The van der Waals surface area contributed by atoms with Gasteiger partial charge in [0.25, 0.3) is 0 Å². The number of benzene rings is 1. The lowest BCUT2D eigenvalue weighted by atomic mass is 10.1. The van der Waals surface area contributed by atoms with Gasteiger partial charge >= 0.3 is 0 Å². The molecule has 14 heavy (non-hydrogen) atoms. The number of fused-ring (bicyclic) bond motifs is 1. The summed E-state index contributed by atoms with van der Waals surface area (Å²) < 4.78 is 0.854. The van der Waals surface area contributed by atoms with Crippen molar-refractivity contribution in [1.29, 1.82) is 0 Å². The summed E-state index contributed by atoms with van der Waals surface area (Å²) in [5.41, 5.74) is 1.60. The third kappa shape index (κ3) is 1.47. The molecule has 0 aliphatic rings. The van der Waals surface area contributed by atoms with Gasteiger partial charge < -0.3 is 4.98 Å². The van der Waals surface area contributed by atoms with E-state index in [0.717, 1.165) is 20.9 Å². The first-order valence-corrected chi connectivity index (χ1v) is 5.24. The molecule has 0 bridgehead atoms. The van der Waals surface area contributed by atoms with E-state index < -0.39 is 0 Å². The number of aromatic amines is 1. The van der Waals surface area contributed by atoms with E-state index in [9.17, 15) is 4.79 Å². The number of aryl methyl sites for hydroxylation is 1. The third-order valence-corrected chi connectivity index (χ3v) is 3.21. The Labute approximate surface area is 94.0 Å². The predicted molar refractivity (Wildman–Crippen MR) is 62.0 cm³/mol. The maximum atomic E-state index is 11.1. The van der Waals surface area contributed by atoms with Crippen molar-refractivity contribution in [2.75, 3.05) is 0 Å². The first-order valence-electron chi connectivity index (χ1n) is 4.07. The molecule has 0 saturated heterocycles. The van der Waals surface area contributed by atoms with E-state index in [-0.39, 0.29) is 5.56 Å². The highest BCUT2D eigenvalue weighted by atomic mass is 79.9. The molecule has 0 atom stereocenters. The summed E-state index contributed by atoms with van der Waals surface area (Å²) >= 11 is 9.49. The Kier molecular flexibility index (Phi) is 2.37. The van der Waals surface area contributed by atoms with Crippen molar-refractivity contribution in [2.45, 2.75) is 6.92 Å². The molecule has 0 spiro atoms.